The van der Waals surface area contributed by atoms with Gasteiger partial charge in [-0.25, -0.2) is 0 Å². The topological polar surface area (TPSA) is 26.3 Å². The molecule has 3 heteroatoms. The molecule has 0 unspecified atom stereocenters. The average Bonchev–Trinajstić information content (AvgIpc) is 2.16. The molecule has 0 saturated carbocycles. The SMILES string of the molecule is COc1ccccc1[C@@H](C)C(=O)Cl. The molecule has 0 radical (unpaired) electrons. The molecule has 0 spiro atoms. The number of methoxy groups -OCH3 is 1. The molecule has 0 saturated heterocycles. The molecular weight excluding hydrogens is 188 g/mol. The number of ether oxygens (including phenoxy) is 1. The van der Waals surface area contributed by atoms with Crippen LogP contribution in [0.2, 0.25) is 0 Å². The molecule has 0 aliphatic carbocycles. The highest BCUT2D eigenvalue weighted by atomic mass is 35.5. The first-order chi connectivity index (χ1) is 6.16. The van der Waals surface area contributed by atoms with Crippen LogP contribution >= 0.6 is 11.6 Å². The van der Waals surface area contributed by atoms with Gasteiger partial charge in [0.25, 0.3) is 0 Å². The first-order valence-corrected chi connectivity index (χ1v) is 4.37. The Morgan fingerprint density at radius 3 is 2.62 bits per heavy atom. The lowest BCUT2D eigenvalue weighted by molar-refractivity contribution is -0.112. The van der Waals surface area contributed by atoms with Crippen molar-refractivity contribution in [3.8, 4) is 5.75 Å². The zero-order valence-electron chi connectivity index (χ0n) is 7.58. The van der Waals surface area contributed by atoms with Crippen molar-refractivity contribution in [3.05, 3.63) is 29.8 Å². The molecule has 0 bridgehead atoms. The Morgan fingerprint density at radius 2 is 2.08 bits per heavy atom. The highest BCUT2D eigenvalue weighted by molar-refractivity contribution is 6.64. The standard InChI is InChI=1S/C10H11ClO2/c1-7(10(11)12)8-5-3-4-6-9(8)13-2/h3-7H,1-2H3/t7-/m1/s1. The molecular formula is C10H11ClO2. The number of para-hydroxylation sites is 1. The van der Waals surface area contributed by atoms with Crippen LogP contribution in [0.5, 0.6) is 5.75 Å². The lowest BCUT2D eigenvalue weighted by Gasteiger charge is -2.11. The second-order valence-corrected chi connectivity index (χ2v) is 3.14. The maximum atomic E-state index is 10.9. The van der Waals surface area contributed by atoms with Gasteiger partial charge in [0, 0.05) is 5.56 Å². The Morgan fingerprint density at radius 1 is 1.46 bits per heavy atom. The highest BCUT2D eigenvalue weighted by Gasteiger charge is 2.16. The van der Waals surface area contributed by atoms with E-state index in [0.29, 0.717) is 5.75 Å². The smallest absolute Gasteiger partial charge is 0.228 e. The normalized spacial score (nSPS) is 12.2. The first kappa shape index (κ1) is 10.1. The van der Waals surface area contributed by atoms with Crippen molar-refractivity contribution in [1.82, 2.24) is 0 Å². The third-order valence-corrected chi connectivity index (χ3v) is 2.27. The summed E-state index contributed by atoms with van der Waals surface area (Å²) in [7, 11) is 1.57. The number of hydrogen-bond acceptors (Lipinski definition) is 2. The van der Waals surface area contributed by atoms with E-state index in [1.807, 2.05) is 24.3 Å². The van der Waals surface area contributed by atoms with Crippen molar-refractivity contribution < 1.29 is 9.53 Å². The summed E-state index contributed by atoms with van der Waals surface area (Å²) in [5, 5.41) is -0.371. The molecule has 0 heterocycles. The second-order valence-electron chi connectivity index (χ2n) is 2.77. The zero-order chi connectivity index (χ0) is 9.84. The van der Waals surface area contributed by atoms with Gasteiger partial charge < -0.3 is 4.74 Å². The van der Waals surface area contributed by atoms with E-state index >= 15 is 0 Å². The average molecular weight is 199 g/mol. The monoisotopic (exact) mass is 198 g/mol. The number of halogens is 1. The van der Waals surface area contributed by atoms with Gasteiger partial charge in [0.15, 0.2) is 0 Å². The maximum absolute atomic E-state index is 10.9. The Bertz CT molecular complexity index is 310. The fourth-order valence-electron chi connectivity index (χ4n) is 1.15. The quantitative estimate of drug-likeness (QED) is 0.698. The van der Waals surface area contributed by atoms with Crippen molar-refractivity contribution >= 4 is 16.8 Å². The molecule has 0 N–H and O–H groups in total. The second kappa shape index (κ2) is 4.28. The Kier molecular flexibility index (Phi) is 3.32. The van der Waals surface area contributed by atoms with Crippen molar-refractivity contribution in [2.24, 2.45) is 0 Å². The van der Waals surface area contributed by atoms with E-state index in [4.69, 9.17) is 16.3 Å². The molecule has 2 nitrogen and oxygen atoms in total. The zero-order valence-corrected chi connectivity index (χ0v) is 8.34. The molecule has 0 aromatic heterocycles. The number of hydrogen-bond donors (Lipinski definition) is 0. The summed E-state index contributed by atoms with van der Waals surface area (Å²) in [6, 6.07) is 7.36. The molecule has 0 aliphatic heterocycles. The summed E-state index contributed by atoms with van der Waals surface area (Å²) in [5.74, 6) is 0.377. The van der Waals surface area contributed by atoms with Crippen LogP contribution in [0.4, 0.5) is 0 Å². The highest BCUT2D eigenvalue weighted by Crippen LogP contribution is 2.27. The van der Waals surface area contributed by atoms with Crippen molar-refractivity contribution in [2.75, 3.05) is 7.11 Å². The Hall–Kier alpha value is -1.02. The molecule has 0 aliphatic rings. The van der Waals surface area contributed by atoms with Crippen molar-refractivity contribution in [1.29, 1.82) is 0 Å². The van der Waals surface area contributed by atoms with Gasteiger partial charge in [0.2, 0.25) is 5.24 Å². The van der Waals surface area contributed by atoms with Gasteiger partial charge in [-0.15, -0.1) is 0 Å². The third-order valence-electron chi connectivity index (χ3n) is 1.95. The minimum absolute atomic E-state index is 0.321. The molecule has 1 atom stereocenters. The molecule has 0 fully saturated rings. The molecule has 0 amide bonds. The summed E-state index contributed by atoms with van der Waals surface area (Å²) in [6.45, 7) is 1.76. The summed E-state index contributed by atoms with van der Waals surface area (Å²) >= 11 is 5.40. The van der Waals surface area contributed by atoms with E-state index in [-0.39, 0.29) is 11.2 Å². The van der Waals surface area contributed by atoms with Gasteiger partial charge >= 0.3 is 0 Å². The first-order valence-electron chi connectivity index (χ1n) is 3.99. The van der Waals surface area contributed by atoms with E-state index in [0.717, 1.165) is 5.56 Å². The van der Waals surface area contributed by atoms with E-state index in [2.05, 4.69) is 0 Å². The van der Waals surface area contributed by atoms with Gasteiger partial charge in [-0.2, -0.15) is 0 Å². The van der Waals surface area contributed by atoms with Crippen LogP contribution < -0.4 is 4.74 Å². The largest absolute Gasteiger partial charge is 0.496 e. The van der Waals surface area contributed by atoms with Gasteiger partial charge in [-0.05, 0) is 24.6 Å². The number of carbonyl (C=O) groups is 1. The third kappa shape index (κ3) is 2.22. The predicted molar refractivity (Wildman–Crippen MR) is 52.3 cm³/mol. The van der Waals surface area contributed by atoms with Crippen LogP contribution in [0.15, 0.2) is 24.3 Å². The molecule has 1 aromatic rings. The Labute approximate surface area is 82.5 Å². The summed E-state index contributed by atoms with van der Waals surface area (Å²) in [4.78, 5) is 10.9. The summed E-state index contributed by atoms with van der Waals surface area (Å²) < 4.78 is 5.11. The Balaban J connectivity index is 3.05. The van der Waals surface area contributed by atoms with Gasteiger partial charge in [-0.3, -0.25) is 4.79 Å². The molecule has 1 aromatic carbocycles. The van der Waals surface area contributed by atoms with Gasteiger partial charge in [0.1, 0.15) is 5.75 Å². The number of carbonyl (C=O) groups excluding carboxylic acids is 1. The minimum Gasteiger partial charge on any atom is -0.496 e. The maximum Gasteiger partial charge on any atom is 0.228 e. The summed E-state index contributed by atoms with van der Waals surface area (Å²) in [6.07, 6.45) is 0. The molecule has 13 heavy (non-hydrogen) atoms. The van der Waals surface area contributed by atoms with Crippen LogP contribution in [-0.2, 0) is 4.79 Å². The lowest BCUT2D eigenvalue weighted by atomic mass is 10.0. The fraction of sp³-hybridized carbons (Fsp3) is 0.300. The molecule has 70 valence electrons. The summed E-state index contributed by atoms with van der Waals surface area (Å²) in [5.41, 5.74) is 0.824. The lowest BCUT2D eigenvalue weighted by Crippen LogP contribution is -2.03. The van der Waals surface area contributed by atoms with E-state index < -0.39 is 0 Å². The fourth-order valence-corrected chi connectivity index (χ4v) is 1.26. The number of benzene rings is 1. The van der Waals surface area contributed by atoms with E-state index in [1.54, 1.807) is 14.0 Å². The minimum atomic E-state index is -0.371. The van der Waals surface area contributed by atoms with Crippen molar-refractivity contribution in [3.63, 3.8) is 0 Å². The number of rotatable bonds is 3. The van der Waals surface area contributed by atoms with Crippen LogP contribution in [0.3, 0.4) is 0 Å². The predicted octanol–water partition coefficient (Wildman–Crippen LogP) is 2.56. The van der Waals surface area contributed by atoms with E-state index in [1.165, 1.54) is 0 Å². The van der Waals surface area contributed by atoms with Crippen LogP contribution in [0.25, 0.3) is 0 Å². The molecule has 1 rings (SSSR count). The van der Waals surface area contributed by atoms with Crippen LogP contribution in [0.1, 0.15) is 18.4 Å². The van der Waals surface area contributed by atoms with Crippen LogP contribution in [-0.4, -0.2) is 12.4 Å². The van der Waals surface area contributed by atoms with Crippen molar-refractivity contribution in [2.45, 2.75) is 12.8 Å². The van der Waals surface area contributed by atoms with Gasteiger partial charge in [-0.1, -0.05) is 18.2 Å². The van der Waals surface area contributed by atoms with E-state index in [9.17, 15) is 4.79 Å². The van der Waals surface area contributed by atoms with Crippen LogP contribution in [0, 0.1) is 0 Å². The van der Waals surface area contributed by atoms with Gasteiger partial charge in [0.05, 0.1) is 13.0 Å².